The van der Waals surface area contributed by atoms with Gasteiger partial charge in [0.2, 0.25) is 5.91 Å². The maximum absolute atomic E-state index is 13.7. The van der Waals surface area contributed by atoms with Gasteiger partial charge in [0.05, 0.1) is 6.42 Å². The SMILES string of the molecule is CN(C)S(=O)(=O)N1CCC(CNC(=O)Cc2c(F)cccc2Cl)CC1. The van der Waals surface area contributed by atoms with E-state index < -0.39 is 16.0 Å². The molecule has 1 aromatic rings. The fraction of sp³-hybridized carbons (Fsp3) is 0.562. The fourth-order valence-corrected chi connectivity index (χ4v) is 4.12. The molecule has 1 aromatic carbocycles. The number of nitrogens with zero attached hydrogens (tertiary/aromatic N) is 2. The summed E-state index contributed by atoms with van der Waals surface area (Å²) in [6, 6.07) is 4.32. The molecule has 0 aliphatic carbocycles. The van der Waals surface area contributed by atoms with Gasteiger partial charge in [-0.1, -0.05) is 17.7 Å². The van der Waals surface area contributed by atoms with Crippen molar-refractivity contribution in [2.45, 2.75) is 19.3 Å². The topological polar surface area (TPSA) is 69.7 Å². The molecule has 9 heteroatoms. The lowest BCUT2D eigenvalue weighted by molar-refractivity contribution is -0.120. The summed E-state index contributed by atoms with van der Waals surface area (Å²) in [6.07, 6.45) is 1.24. The lowest BCUT2D eigenvalue weighted by Gasteiger charge is -2.32. The maximum Gasteiger partial charge on any atom is 0.281 e. The van der Waals surface area contributed by atoms with Crippen LogP contribution in [0.1, 0.15) is 18.4 Å². The van der Waals surface area contributed by atoms with Crippen molar-refractivity contribution in [1.82, 2.24) is 13.9 Å². The van der Waals surface area contributed by atoms with Gasteiger partial charge in [-0.3, -0.25) is 4.79 Å². The molecule has 0 radical (unpaired) electrons. The van der Waals surface area contributed by atoms with Crippen molar-refractivity contribution < 1.29 is 17.6 Å². The van der Waals surface area contributed by atoms with E-state index in [-0.39, 0.29) is 28.8 Å². The summed E-state index contributed by atoms with van der Waals surface area (Å²) in [5.74, 6) is -0.589. The fourth-order valence-electron chi connectivity index (χ4n) is 2.76. The van der Waals surface area contributed by atoms with Crippen LogP contribution in [0.15, 0.2) is 18.2 Å². The van der Waals surface area contributed by atoms with Crippen molar-refractivity contribution in [2.24, 2.45) is 5.92 Å². The molecule has 0 saturated carbocycles. The molecule has 2 rings (SSSR count). The minimum atomic E-state index is -3.38. The largest absolute Gasteiger partial charge is 0.356 e. The van der Waals surface area contributed by atoms with E-state index >= 15 is 0 Å². The van der Waals surface area contributed by atoms with Gasteiger partial charge in [-0.25, -0.2) is 4.39 Å². The summed E-state index contributed by atoms with van der Waals surface area (Å²) in [7, 11) is -0.363. The van der Waals surface area contributed by atoms with Crippen molar-refractivity contribution in [3.63, 3.8) is 0 Å². The lowest BCUT2D eigenvalue weighted by atomic mass is 9.98. The zero-order valence-corrected chi connectivity index (χ0v) is 15.9. The number of amides is 1. The average molecular weight is 392 g/mol. The highest BCUT2D eigenvalue weighted by Gasteiger charge is 2.29. The Labute approximate surface area is 153 Å². The molecular formula is C16H23ClFN3O3S. The number of nitrogens with one attached hydrogen (secondary N) is 1. The smallest absolute Gasteiger partial charge is 0.281 e. The van der Waals surface area contributed by atoms with Crippen molar-refractivity contribution in [3.05, 3.63) is 34.6 Å². The summed E-state index contributed by atoms with van der Waals surface area (Å²) in [6.45, 7) is 1.31. The molecule has 1 aliphatic heterocycles. The Hall–Kier alpha value is -1.22. The number of hydrogen-bond donors (Lipinski definition) is 1. The van der Waals surface area contributed by atoms with Crippen LogP contribution >= 0.6 is 11.6 Å². The molecule has 0 atom stereocenters. The number of piperidine rings is 1. The van der Waals surface area contributed by atoms with Crippen LogP contribution in [0.25, 0.3) is 0 Å². The highest BCUT2D eigenvalue weighted by atomic mass is 35.5. The summed E-state index contributed by atoms with van der Waals surface area (Å²) < 4.78 is 40.5. The molecule has 25 heavy (non-hydrogen) atoms. The van der Waals surface area contributed by atoms with Crippen LogP contribution in [0.4, 0.5) is 4.39 Å². The van der Waals surface area contributed by atoms with Gasteiger partial charge in [0, 0.05) is 44.3 Å². The summed E-state index contributed by atoms with van der Waals surface area (Å²) >= 11 is 5.92. The zero-order chi connectivity index (χ0) is 18.6. The van der Waals surface area contributed by atoms with E-state index in [9.17, 15) is 17.6 Å². The summed E-state index contributed by atoms with van der Waals surface area (Å²) in [4.78, 5) is 12.0. The second kappa shape index (κ2) is 8.44. The first-order valence-corrected chi connectivity index (χ1v) is 9.86. The molecule has 1 fully saturated rings. The molecular weight excluding hydrogens is 369 g/mol. The van der Waals surface area contributed by atoms with Crippen LogP contribution in [0.5, 0.6) is 0 Å². The molecule has 1 heterocycles. The highest BCUT2D eigenvalue weighted by molar-refractivity contribution is 7.86. The molecule has 1 N–H and O–H groups in total. The van der Waals surface area contributed by atoms with Crippen molar-refractivity contribution in [3.8, 4) is 0 Å². The van der Waals surface area contributed by atoms with Crippen LogP contribution < -0.4 is 5.32 Å². The molecule has 1 amide bonds. The van der Waals surface area contributed by atoms with Crippen LogP contribution in [0.3, 0.4) is 0 Å². The number of rotatable bonds is 6. The molecule has 0 unspecified atom stereocenters. The van der Waals surface area contributed by atoms with E-state index in [1.807, 2.05) is 0 Å². The molecule has 6 nitrogen and oxygen atoms in total. The van der Waals surface area contributed by atoms with Gasteiger partial charge in [-0.2, -0.15) is 17.0 Å². The third kappa shape index (κ3) is 5.13. The monoisotopic (exact) mass is 391 g/mol. The van der Waals surface area contributed by atoms with Gasteiger partial charge in [0.15, 0.2) is 0 Å². The van der Waals surface area contributed by atoms with E-state index in [0.717, 1.165) is 0 Å². The van der Waals surface area contributed by atoms with Gasteiger partial charge in [-0.05, 0) is 30.9 Å². The van der Waals surface area contributed by atoms with Crippen LogP contribution in [0, 0.1) is 11.7 Å². The molecule has 140 valence electrons. The highest BCUT2D eigenvalue weighted by Crippen LogP contribution is 2.21. The minimum absolute atomic E-state index is 0.112. The Kier molecular flexibility index (Phi) is 6.79. The number of carbonyl (C=O) groups excluding carboxylic acids is 1. The number of benzene rings is 1. The van der Waals surface area contributed by atoms with Crippen LogP contribution in [-0.4, -0.2) is 56.7 Å². The van der Waals surface area contributed by atoms with E-state index in [1.54, 1.807) is 6.07 Å². The number of halogens is 2. The molecule has 1 saturated heterocycles. The van der Waals surface area contributed by atoms with Crippen LogP contribution in [0.2, 0.25) is 5.02 Å². The summed E-state index contributed by atoms with van der Waals surface area (Å²) in [5, 5.41) is 3.02. The quantitative estimate of drug-likeness (QED) is 0.801. The third-order valence-electron chi connectivity index (χ3n) is 4.35. The van der Waals surface area contributed by atoms with Crippen molar-refractivity contribution in [2.75, 3.05) is 33.7 Å². The normalized spacial score (nSPS) is 17.0. The van der Waals surface area contributed by atoms with E-state index in [4.69, 9.17) is 11.6 Å². The Morgan fingerprint density at radius 3 is 2.56 bits per heavy atom. The van der Waals surface area contributed by atoms with Gasteiger partial charge in [0.25, 0.3) is 10.2 Å². The maximum atomic E-state index is 13.7. The Bertz CT molecular complexity index is 699. The molecule has 0 spiro atoms. The average Bonchev–Trinajstić information content (AvgIpc) is 2.56. The van der Waals surface area contributed by atoms with E-state index in [1.165, 1.54) is 34.8 Å². The first kappa shape index (κ1) is 20.1. The second-order valence-electron chi connectivity index (χ2n) is 6.31. The molecule has 0 bridgehead atoms. The first-order chi connectivity index (χ1) is 11.7. The van der Waals surface area contributed by atoms with Crippen LogP contribution in [-0.2, 0) is 21.4 Å². The predicted molar refractivity (Wildman–Crippen MR) is 95.0 cm³/mol. The van der Waals surface area contributed by atoms with E-state index in [2.05, 4.69) is 5.32 Å². The molecule has 0 aromatic heterocycles. The Balaban J connectivity index is 1.80. The van der Waals surface area contributed by atoms with Crippen molar-refractivity contribution in [1.29, 1.82) is 0 Å². The predicted octanol–water partition coefficient (Wildman–Crippen LogP) is 1.66. The number of hydrogen-bond acceptors (Lipinski definition) is 3. The van der Waals surface area contributed by atoms with Gasteiger partial charge >= 0.3 is 0 Å². The minimum Gasteiger partial charge on any atom is -0.356 e. The van der Waals surface area contributed by atoms with E-state index in [0.29, 0.717) is 32.5 Å². The van der Waals surface area contributed by atoms with Gasteiger partial charge in [0.1, 0.15) is 5.82 Å². The Morgan fingerprint density at radius 2 is 2.00 bits per heavy atom. The lowest BCUT2D eigenvalue weighted by Crippen LogP contribution is -2.46. The van der Waals surface area contributed by atoms with Crippen molar-refractivity contribution >= 4 is 27.7 Å². The van der Waals surface area contributed by atoms with Gasteiger partial charge in [-0.15, -0.1) is 0 Å². The zero-order valence-electron chi connectivity index (χ0n) is 14.3. The third-order valence-corrected chi connectivity index (χ3v) is 6.64. The first-order valence-electron chi connectivity index (χ1n) is 8.09. The summed E-state index contributed by atoms with van der Waals surface area (Å²) in [5.41, 5.74) is 0.188. The second-order valence-corrected chi connectivity index (χ2v) is 8.86. The Morgan fingerprint density at radius 1 is 1.36 bits per heavy atom. The van der Waals surface area contributed by atoms with Gasteiger partial charge < -0.3 is 5.32 Å². The molecule has 1 aliphatic rings. The standard InChI is InChI=1S/C16H23ClFN3O3S/c1-20(2)25(23,24)21-8-6-12(7-9-21)11-19-16(22)10-13-14(17)4-3-5-15(13)18/h3-5,12H,6-11H2,1-2H3,(H,19,22). The number of carbonyl (C=O) groups is 1.